The molecule has 0 unspecified atom stereocenters. The minimum atomic E-state index is -0.0505. The molecular formula is C18H22N2O2S2. The van der Waals surface area contributed by atoms with Gasteiger partial charge >= 0.3 is 0 Å². The van der Waals surface area contributed by atoms with Crippen molar-refractivity contribution in [2.45, 2.75) is 23.1 Å². The van der Waals surface area contributed by atoms with E-state index in [4.69, 9.17) is 10.5 Å². The van der Waals surface area contributed by atoms with Crippen LogP contribution in [0.2, 0.25) is 0 Å². The van der Waals surface area contributed by atoms with Crippen LogP contribution in [0.5, 0.6) is 5.75 Å². The minimum absolute atomic E-state index is 0.0505. The summed E-state index contributed by atoms with van der Waals surface area (Å²) in [6.45, 7) is 3.36. The summed E-state index contributed by atoms with van der Waals surface area (Å²) in [6.07, 6.45) is 0. The maximum Gasteiger partial charge on any atom is 0.264 e. The van der Waals surface area contributed by atoms with Gasteiger partial charge < -0.3 is 15.4 Å². The molecule has 0 spiro atoms. The Balaban J connectivity index is 1.73. The van der Waals surface area contributed by atoms with Crippen LogP contribution >= 0.6 is 23.1 Å². The lowest BCUT2D eigenvalue weighted by molar-refractivity contribution is 0.0794. The molecule has 1 amide bonds. The Morgan fingerprint density at radius 2 is 2.21 bits per heavy atom. The van der Waals surface area contributed by atoms with E-state index in [2.05, 4.69) is 13.0 Å². The number of hydrogen-bond donors (Lipinski definition) is 1. The van der Waals surface area contributed by atoms with E-state index < -0.39 is 0 Å². The number of thiophene rings is 1. The molecule has 24 heavy (non-hydrogen) atoms. The molecule has 4 nitrogen and oxygen atoms in total. The van der Waals surface area contributed by atoms with Gasteiger partial charge in [-0.25, -0.2) is 0 Å². The van der Waals surface area contributed by atoms with Gasteiger partial charge in [0.1, 0.15) is 5.75 Å². The van der Waals surface area contributed by atoms with Crippen LogP contribution in [-0.4, -0.2) is 42.8 Å². The molecular weight excluding hydrogens is 340 g/mol. The number of ether oxygens (including phenoxy) is 1. The third kappa shape index (κ3) is 3.61. The Morgan fingerprint density at radius 3 is 2.96 bits per heavy atom. The normalized spacial score (nSPS) is 20.4. The maximum absolute atomic E-state index is 12.8. The summed E-state index contributed by atoms with van der Waals surface area (Å²) >= 11 is 3.33. The van der Waals surface area contributed by atoms with Crippen molar-refractivity contribution in [1.29, 1.82) is 0 Å². The van der Waals surface area contributed by atoms with Gasteiger partial charge in [0.25, 0.3) is 5.91 Å². The largest absolute Gasteiger partial charge is 0.497 e. The number of methoxy groups -OCH3 is 1. The predicted molar refractivity (Wildman–Crippen MR) is 100 cm³/mol. The first-order valence-electron chi connectivity index (χ1n) is 8.03. The van der Waals surface area contributed by atoms with E-state index in [1.807, 2.05) is 35.2 Å². The monoisotopic (exact) mass is 362 g/mol. The second kappa shape index (κ2) is 7.59. The highest BCUT2D eigenvalue weighted by Crippen LogP contribution is 2.32. The number of nitrogens with zero attached hydrogens (tertiary/aromatic N) is 1. The van der Waals surface area contributed by atoms with Gasteiger partial charge in [-0.05, 0) is 35.6 Å². The zero-order valence-electron chi connectivity index (χ0n) is 13.9. The zero-order valence-corrected chi connectivity index (χ0v) is 15.5. The van der Waals surface area contributed by atoms with E-state index in [0.29, 0.717) is 13.1 Å². The lowest BCUT2D eigenvalue weighted by atomic mass is 9.95. The molecule has 1 saturated heterocycles. The molecule has 1 fully saturated rings. The van der Waals surface area contributed by atoms with Crippen LogP contribution in [-0.2, 0) is 0 Å². The number of amides is 1. The topological polar surface area (TPSA) is 55.6 Å². The first-order chi connectivity index (χ1) is 11.6. The number of hydrogen-bond acceptors (Lipinski definition) is 5. The van der Waals surface area contributed by atoms with Crippen molar-refractivity contribution in [3.8, 4) is 5.75 Å². The van der Waals surface area contributed by atoms with Crippen LogP contribution in [0.3, 0.4) is 0 Å². The maximum atomic E-state index is 12.8. The molecule has 3 rings (SSSR count). The van der Waals surface area contributed by atoms with Gasteiger partial charge in [-0.2, -0.15) is 0 Å². The average molecular weight is 363 g/mol. The van der Waals surface area contributed by atoms with E-state index in [1.54, 1.807) is 30.2 Å². The third-order valence-corrected chi connectivity index (χ3v) is 6.43. The molecule has 0 aliphatic carbocycles. The molecule has 1 aliphatic heterocycles. The molecule has 1 aromatic carbocycles. The molecule has 0 bridgehead atoms. The van der Waals surface area contributed by atoms with Crippen LogP contribution in [0.25, 0.3) is 0 Å². The molecule has 6 heteroatoms. The minimum Gasteiger partial charge on any atom is -0.497 e. The van der Waals surface area contributed by atoms with Crippen molar-refractivity contribution >= 4 is 29.0 Å². The second-order valence-corrected chi connectivity index (χ2v) is 8.46. The van der Waals surface area contributed by atoms with Gasteiger partial charge in [0, 0.05) is 25.0 Å². The van der Waals surface area contributed by atoms with Gasteiger partial charge in [0.15, 0.2) is 0 Å². The number of rotatable bonds is 5. The highest BCUT2D eigenvalue weighted by atomic mass is 32.2. The van der Waals surface area contributed by atoms with Crippen LogP contribution in [0.15, 0.2) is 40.6 Å². The summed E-state index contributed by atoms with van der Waals surface area (Å²) < 4.78 is 6.49. The number of nitrogens with two attached hydrogens (primary N) is 1. The molecule has 2 aromatic rings. The van der Waals surface area contributed by atoms with Crippen molar-refractivity contribution in [3.05, 3.63) is 46.8 Å². The van der Waals surface area contributed by atoms with Gasteiger partial charge in [-0.1, -0.05) is 19.1 Å². The fourth-order valence-corrected chi connectivity index (χ4v) is 5.04. The van der Waals surface area contributed by atoms with Crippen LogP contribution < -0.4 is 10.5 Å². The van der Waals surface area contributed by atoms with Crippen LogP contribution in [0, 0.1) is 0 Å². The molecule has 1 aromatic heterocycles. The SMILES string of the molecule is CCSc1ccc(C(=O)N2C[C@H](c3cccc(OC)c3)[C@@H](N)C2)s1. The molecule has 2 atom stereocenters. The molecule has 2 heterocycles. The first-order valence-corrected chi connectivity index (χ1v) is 9.84. The van der Waals surface area contributed by atoms with Gasteiger partial charge in [-0.3, -0.25) is 4.79 Å². The standard InChI is InChI=1S/C18H22N2O2S2/c1-3-23-17-8-7-16(24-17)18(21)20-10-14(15(19)11-20)12-5-4-6-13(9-12)22-2/h4-9,14-15H,3,10-11,19H2,1-2H3/t14-,15+/m1/s1. The summed E-state index contributed by atoms with van der Waals surface area (Å²) in [6, 6.07) is 11.9. The molecule has 1 aliphatic rings. The van der Waals surface area contributed by atoms with Crippen molar-refractivity contribution in [1.82, 2.24) is 4.90 Å². The van der Waals surface area contributed by atoms with Crippen molar-refractivity contribution in [2.24, 2.45) is 5.73 Å². The Labute approximate surface area is 151 Å². The number of carbonyl (C=O) groups excluding carboxylic acids is 1. The van der Waals surface area contributed by atoms with E-state index in [1.165, 1.54) is 4.21 Å². The smallest absolute Gasteiger partial charge is 0.264 e. The molecule has 128 valence electrons. The van der Waals surface area contributed by atoms with E-state index in [9.17, 15) is 4.79 Å². The highest BCUT2D eigenvalue weighted by molar-refractivity contribution is 8.01. The number of benzene rings is 1. The highest BCUT2D eigenvalue weighted by Gasteiger charge is 2.34. The molecule has 0 radical (unpaired) electrons. The summed E-state index contributed by atoms with van der Waals surface area (Å²) in [4.78, 5) is 15.4. The number of likely N-dealkylation sites (tertiary alicyclic amines) is 1. The molecule has 2 N–H and O–H groups in total. The Bertz CT molecular complexity index is 717. The fourth-order valence-electron chi connectivity index (χ4n) is 3.03. The van der Waals surface area contributed by atoms with Crippen LogP contribution in [0.1, 0.15) is 28.1 Å². The summed E-state index contributed by atoms with van der Waals surface area (Å²) in [5.41, 5.74) is 7.46. The Morgan fingerprint density at radius 1 is 1.38 bits per heavy atom. The first kappa shape index (κ1) is 17.3. The van der Waals surface area contributed by atoms with E-state index in [-0.39, 0.29) is 17.9 Å². The summed E-state index contributed by atoms with van der Waals surface area (Å²) in [5, 5.41) is 0. The Kier molecular flexibility index (Phi) is 5.48. The van der Waals surface area contributed by atoms with Crippen molar-refractivity contribution in [2.75, 3.05) is 26.0 Å². The van der Waals surface area contributed by atoms with Crippen molar-refractivity contribution in [3.63, 3.8) is 0 Å². The van der Waals surface area contributed by atoms with E-state index in [0.717, 1.165) is 21.9 Å². The number of carbonyl (C=O) groups is 1. The third-order valence-electron chi connectivity index (χ3n) is 4.25. The zero-order chi connectivity index (χ0) is 17.1. The lowest BCUT2D eigenvalue weighted by Crippen LogP contribution is -2.31. The fraction of sp³-hybridized carbons (Fsp3) is 0.389. The van der Waals surface area contributed by atoms with Gasteiger partial charge in [-0.15, -0.1) is 23.1 Å². The van der Waals surface area contributed by atoms with Crippen LogP contribution in [0.4, 0.5) is 0 Å². The summed E-state index contributed by atoms with van der Waals surface area (Å²) in [5.74, 6) is 2.07. The van der Waals surface area contributed by atoms with Gasteiger partial charge in [0.2, 0.25) is 0 Å². The predicted octanol–water partition coefficient (Wildman–Crippen LogP) is 3.44. The molecule has 0 saturated carbocycles. The van der Waals surface area contributed by atoms with Gasteiger partial charge in [0.05, 0.1) is 16.2 Å². The second-order valence-electron chi connectivity index (χ2n) is 5.81. The number of thioether (sulfide) groups is 1. The summed E-state index contributed by atoms with van der Waals surface area (Å²) in [7, 11) is 1.66. The lowest BCUT2D eigenvalue weighted by Gasteiger charge is -2.16. The van der Waals surface area contributed by atoms with E-state index >= 15 is 0 Å². The Hall–Kier alpha value is -1.50. The van der Waals surface area contributed by atoms with Crippen molar-refractivity contribution < 1.29 is 9.53 Å². The quantitative estimate of drug-likeness (QED) is 0.828. The average Bonchev–Trinajstić information content (AvgIpc) is 3.21.